The Labute approximate surface area is 243 Å². The first-order valence-corrected chi connectivity index (χ1v) is 15.5. The predicted molar refractivity (Wildman–Crippen MR) is 159 cm³/mol. The van der Waals surface area contributed by atoms with E-state index in [-0.39, 0.29) is 16.8 Å². The summed E-state index contributed by atoms with van der Waals surface area (Å²) >= 11 is 5.67. The second-order valence-electron chi connectivity index (χ2n) is 8.83. The number of aromatic nitrogens is 1. The quantitative estimate of drug-likeness (QED) is 0.210. The molecule has 1 heterocycles. The largest absolute Gasteiger partial charge is 0.477 e. The number of thiol groups is 1. The number of hydrogen-bond acceptors (Lipinski definition) is 8. The molecule has 2 N–H and O–H groups in total. The van der Waals surface area contributed by atoms with Crippen LogP contribution in [0.25, 0.3) is 11.1 Å². The van der Waals surface area contributed by atoms with E-state index >= 15 is 0 Å². The van der Waals surface area contributed by atoms with E-state index in [1.165, 1.54) is 17.4 Å². The van der Waals surface area contributed by atoms with Crippen LogP contribution in [0.4, 0.5) is 0 Å². The minimum Gasteiger partial charge on any atom is -0.477 e. The van der Waals surface area contributed by atoms with Gasteiger partial charge in [-0.15, -0.1) is 11.3 Å². The first kappa shape index (κ1) is 29.3. The molecule has 2 amide bonds. The Kier molecular flexibility index (Phi) is 9.62. The number of ether oxygens (including phenoxy) is 1. The van der Waals surface area contributed by atoms with Gasteiger partial charge < -0.3 is 10.1 Å². The second-order valence-corrected chi connectivity index (χ2v) is 11.9. The summed E-state index contributed by atoms with van der Waals surface area (Å²) in [5, 5.41) is 3.30. The Morgan fingerprint density at radius 1 is 1.00 bits per heavy atom. The number of sulfonamides is 1. The number of carbonyl (C=O) groups excluding carboxylic acids is 2. The molecule has 0 aliphatic rings. The van der Waals surface area contributed by atoms with Crippen LogP contribution in [0.15, 0.2) is 83.8 Å². The fourth-order valence-corrected chi connectivity index (χ4v) is 6.57. The van der Waals surface area contributed by atoms with Crippen LogP contribution in [0.5, 0.6) is 5.88 Å². The minimum atomic E-state index is -4.01. The molecule has 208 valence electrons. The average Bonchev–Trinajstić information content (AvgIpc) is 3.34. The van der Waals surface area contributed by atoms with Crippen molar-refractivity contribution < 1.29 is 22.7 Å². The molecule has 0 bridgehead atoms. The Balaban J connectivity index is 1.55. The SMILES string of the molecule is CCOc1nc(C(=O)NC(CS)c2ccccc2)sc1Cc1ccc(-c2ccccc2S(=O)(=O)NC(C)=O)cc1. The molecule has 1 unspecified atom stereocenters. The van der Waals surface area contributed by atoms with Crippen LogP contribution in [-0.4, -0.2) is 37.6 Å². The summed E-state index contributed by atoms with van der Waals surface area (Å²) in [7, 11) is -4.01. The lowest BCUT2D eigenvalue weighted by atomic mass is 10.0. The van der Waals surface area contributed by atoms with Gasteiger partial charge in [0.1, 0.15) is 0 Å². The van der Waals surface area contributed by atoms with Crippen molar-refractivity contribution in [3.05, 3.63) is 99.9 Å². The Bertz CT molecular complexity index is 1590. The van der Waals surface area contributed by atoms with E-state index in [1.807, 2.05) is 66.2 Å². The number of benzene rings is 3. The standard InChI is InChI=1S/C29H29N3O5S3/c1-3-37-28-25(39-29(31-28)27(34)30-24(18-38)22-9-5-4-6-10-22)17-20-13-15-21(16-14-20)23-11-7-8-12-26(23)40(35,36)32-19(2)33/h4-16,24,38H,3,17-18H2,1-2H3,(H,30,34)(H,32,33). The third-order valence-electron chi connectivity index (χ3n) is 5.91. The summed E-state index contributed by atoms with van der Waals surface area (Å²) in [6.07, 6.45) is 0.473. The van der Waals surface area contributed by atoms with Crippen molar-refractivity contribution in [2.45, 2.75) is 31.2 Å². The van der Waals surface area contributed by atoms with Gasteiger partial charge in [0.05, 0.1) is 22.4 Å². The van der Waals surface area contributed by atoms with Crippen LogP contribution >= 0.6 is 24.0 Å². The number of nitrogens with zero attached hydrogens (tertiary/aromatic N) is 1. The Hall–Kier alpha value is -3.67. The van der Waals surface area contributed by atoms with Crippen molar-refractivity contribution >= 4 is 45.8 Å². The molecule has 11 heteroatoms. The zero-order chi connectivity index (χ0) is 28.7. The second kappa shape index (κ2) is 13.1. The maximum Gasteiger partial charge on any atom is 0.280 e. The van der Waals surface area contributed by atoms with Gasteiger partial charge in [0.15, 0.2) is 5.01 Å². The van der Waals surface area contributed by atoms with Crippen molar-refractivity contribution in [2.75, 3.05) is 12.4 Å². The highest BCUT2D eigenvalue weighted by Crippen LogP contribution is 2.31. The fourth-order valence-electron chi connectivity index (χ4n) is 4.11. The van der Waals surface area contributed by atoms with Gasteiger partial charge in [0.2, 0.25) is 11.8 Å². The molecule has 0 radical (unpaired) electrons. The maximum atomic E-state index is 13.1. The topological polar surface area (TPSA) is 114 Å². The molecule has 0 aliphatic heterocycles. The number of carbonyl (C=O) groups is 2. The fraction of sp³-hybridized carbons (Fsp3) is 0.207. The summed E-state index contributed by atoms with van der Waals surface area (Å²) in [5.41, 5.74) is 3.05. The normalized spacial score (nSPS) is 12.0. The first-order chi connectivity index (χ1) is 19.2. The van der Waals surface area contributed by atoms with Gasteiger partial charge in [-0.1, -0.05) is 72.8 Å². The van der Waals surface area contributed by atoms with Gasteiger partial charge in [0, 0.05) is 24.7 Å². The van der Waals surface area contributed by atoms with Crippen LogP contribution in [0.3, 0.4) is 0 Å². The molecule has 0 saturated heterocycles. The molecule has 8 nitrogen and oxygen atoms in total. The molecule has 0 aliphatic carbocycles. The van der Waals surface area contributed by atoms with Gasteiger partial charge in [0.25, 0.3) is 15.9 Å². The van der Waals surface area contributed by atoms with Crippen molar-refractivity contribution in [3.8, 4) is 17.0 Å². The van der Waals surface area contributed by atoms with Crippen LogP contribution in [0.2, 0.25) is 0 Å². The molecular formula is C29H29N3O5S3. The van der Waals surface area contributed by atoms with Gasteiger partial charge in [-0.3, -0.25) is 9.59 Å². The lowest BCUT2D eigenvalue weighted by Crippen LogP contribution is -2.29. The molecule has 0 saturated carbocycles. The third-order valence-corrected chi connectivity index (χ3v) is 8.80. The summed E-state index contributed by atoms with van der Waals surface area (Å²) in [6, 6.07) is 23.3. The van der Waals surface area contributed by atoms with Crippen molar-refractivity contribution in [1.82, 2.24) is 15.0 Å². The summed E-state index contributed by atoms with van der Waals surface area (Å²) in [5.74, 6) is -0.106. The predicted octanol–water partition coefficient (Wildman–Crippen LogP) is 5.03. The highest BCUT2D eigenvalue weighted by molar-refractivity contribution is 7.90. The van der Waals surface area contributed by atoms with Crippen LogP contribution in [0.1, 0.15) is 45.7 Å². The molecule has 1 aromatic heterocycles. The zero-order valence-electron chi connectivity index (χ0n) is 22.0. The van der Waals surface area contributed by atoms with Crippen molar-refractivity contribution in [2.24, 2.45) is 0 Å². The third kappa shape index (κ3) is 7.09. The highest BCUT2D eigenvalue weighted by atomic mass is 32.2. The highest BCUT2D eigenvalue weighted by Gasteiger charge is 2.22. The van der Waals surface area contributed by atoms with Crippen LogP contribution in [0, 0.1) is 0 Å². The van der Waals surface area contributed by atoms with E-state index in [2.05, 4.69) is 22.9 Å². The smallest absolute Gasteiger partial charge is 0.280 e. The van der Waals surface area contributed by atoms with Gasteiger partial charge in [-0.05, 0) is 29.7 Å². The Morgan fingerprint density at radius 2 is 1.68 bits per heavy atom. The molecule has 0 fully saturated rings. The summed E-state index contributed by atoms with van der Waals surface area (Å²) in [6.45, 7) is 3.41. The van der Waals surface area contributed by atoms with E-state index < -0.39 is 15.9 Å². The van der Waals surface area contributed by atoms with E-state index in [0.717, 1.165) is 22.9 Å². The maximum absolute atomic E-state index is 13.1. The monoisotopic (exact) mass is 595 g/mol. The van der Waals surface area contributed by atoms with Gasteiger partial charge >= 0.3 is 0 Å². The van der Waals surface area contributed by atoms with E-state index in [4.69, 9.17) is 4.74 Å². The number of thiazole rings is 1. The molecule has 4 rings (SSSR count). The average molecular weight is 596 g/mol. The zero-order valence-corrected chi connectivity index (χ0v) is 24.5. The number of nitrogens with one attached hydrogen (secondary N) is 2. The summed E-state index contributed by atoms with van der Waals surface area (Å²) in [4.78, 5) is 29.8. The van der Waals surface area contributed by atoms with Crippen LogP contribution < -0.4 is 14.8 Å². The minimum absolute atomic E-state index is 0.0183. The number of hydrogen-bond donors (Lipinski definition) is 3. The summed E-state index contributed by atoms with van der Waals surface area (Å²) < 4.78 is 33.1. The van der Waals surface area contributed by atoms with E-state index in [0.29, 0.717) is 40.8 Å². The van der Waals surface area contributed by atoms with Crippen molar-refractivity contribution in [1.29, 1.82) is 0 Å². The van der Waals surface area contributed by atoms with Crippen molar-refractivity contribution in [3.63, 3.8) is 0 Å². The van der Waals surface area contributed by atoms with Crippen LogP contribution in [-0.2, 0) is 21.2 Å². The molecule has 1 atom stereocenters. The molecule has 40 heavy (non-hydrogen) atoms. The number of rotatable bonds is 11. The van der Waals surface area contributed by atoms with Gasteiger partial charge in [-0.25, -0.2) is 13.1 Å². The lowest BCUT2D eigenvalue weighted by Gasteiger charge is -2.16. The number of amides is 2. The lowest BCUT2D eigenvalue weighted by molar-refractivity contribution is -0.117. The molecular weight excluding hydrogens is 567 g/mol. The van der Waals surface area contributed by atoms with E-state index in [9.17, 15) is 18.0 Å². The van der Waals surface area contributed by atoms with Gasteiger partial charge in [-0.2, -0.15) is 17.6 Å². The Morgan fingerprint density at radius 3 is 2.33 bits per heavy atom. The molecule has 3 aromatic carbocycles. The van der Waals surface area contributed by atoms with E-state index in [1.54, 1.807) is 18.2 Å². The molecule has 0 spiro atoms. The first-order valence-electron chi connectivity index (χ1n) is 12.5. The molecule has 4 aromatic rings.